The van der Waals surface area contributed by atoms with Crippen LogP contribution in [0.1, 0.15) is 10.4 Å². The highest BCUT2D eigenvalue weighted by Crippen LogP contribution is 2.34. The first-order chi connectivity index (χ1) is 8.30. The lowest BCUT2D eigenvalue weighted by molar-refractivity contribution is 0.100. The second-order valence-electron chi connectivity index (χ2n) is 3.50. The van der Waals surface area contributed by atoms with E-state index in [2.05, 4.69) is 4.72 Å². The van der Waals surface area contributed by atoms with Gasteiger partial charge in [-0.3, -0.25) is 9.52 Å². The average molecular weight is 293 g/mol. The highest BCUT2D eigenvalue weighted by molar-refractivity contribution is 7.92. The molecule has 0 aliphatic heterocycles. The van der Waals surface area contributed by atoms with Crippen LogP contribution in [0.4, 0.5) is 5.69 Å². The fourth-order valence-corrected chi connectivity index (χ4v) is 2.23. The SMILES string of the molecule is COc1ccc(Cl)c(C(=O)CN)c1NS(C)(=O)=O. The Bertz CT molecular complexity index is 571. The number of halogens is 1. The highest BCUT2D eigenvalue weighted by atomic mass is 35.5. The molecule has 3 N–H and O–H groups in total. The molecule has 0 saturated heterocycles. The van der Waals surface area contributed by atoms with Gasteiger partial charge in [-0.25, -0.2) is 8.42 Å². The Morgan fingerprint density at radius 2 is 2.11 bits per heavy atom. The largest absolute Gasteiger partial charge is 0.495 e. The number of hydrogen-bond donors (Lipinski definition) is 2. The molecule has 0 aromatic heterocycles. The van der Waals surface area contributed by atoms with Crippen LogP contribution in [-0.2, 0) is 10.0 Å². The van der Waals surface area contributed by atoms with Gasteiger partial charge in [-0.15, -0.1) is 0 Å². The van der Waals surface area contributed by atoms with Gasteiger partial charge in [0.05, 0.1) is 30.5 Å². The Morgan fingerprint density at radius 1 is 1.50 bits per heavy atom. The first-order valence-electron chi connectivity index (χ1n) is 4.87. The highest BCUT2D eigenvalue weighted by Gasteiger charge is 2.21. The first-order valence-corrected chi connectivity index (χ1v) is 7.14. The van der Waals surface area contributed by atoms with Crippen molar-refractivity contribution in [2.24, 2.45) is 5.73 Å². The summed E-state index contributed by atoms with van der Waals surface area (Å²) in [5.41, 5.74) is 5.28. The Morgan fingerprint density at radius 3 is 2.56 bits per heavy atom. The van der Waals surface area contributed by atoms with Crippen LogP contribution in [-0.4, -0.2) is 34.1 Å². The molecule has 0 spiro atoms. The van der Waals surface area contributed by atoms with Crippen molar-refractivity contribution >= 4 is 33.1 Å². The van der Waals surface area contributed by atoms with E-state index >= 15 is 0 Å². The third-order valence-electron chi connectivity index (χ3n) is 2.09. The van der Waals surface area contributed by atoms with Crippen molar-refractivity contribution in [2.75, 3.05) is 24.6 Å². The number of sulfonamides is 1. The standard InChI is InChI=1S/C10H13ClN2O4S/c1-17-8-4-3-6(11)9(7(14)5-12)10(8)13-18(2,15)16/h3-4,13H,5,12H2,1-2H3. The summed E-state index contributed by atoms with van der Waals surface area (Å²) in [5, 5.41) is 0.109. The van der Waals surface area contributed by atoms with Crippen molar-refractivity contribution in [3.63, 3.8) is 0 Å². The lowest BCUT2D eigenvalue weighted by Crippen LogP contribution is -2.19. The number of hydrogen-bond acceptors (Lipinski definition) is 5. The first kappa shape index (κ1) is 14.7. The van der Waals surface area contributed by atoms with Crippen molar-refractivity contribution in [3.05, 3.63) is 22.7 Å². The van der Waals surface area contributed by atoms with Gasteiger partial charge in [-0.05, 0) is 12.1 Å². The monoisotopic (exact) mass is 292 g/mol. The Labute approximate surface area is 110 Å². The fourth-order valence-electron chi connectivity index (χ4n) is 1.39. The normalized spacial score (nSPS) is 11.1. The molecule has 0 fully saturated rings. The van der Waals surface area contributed by atoms with E-state index in [1.54, 1.807) is 0 Å². The Balaban J connectivity index is 3.51. The lowest BCUT2D eigenvalue weighted by atomic mass is 10.1. The number of benzene rings is 1. The molecule has 0 bridgehead atoms. The second-order valence-corrected chi connectivity index (χ2v) is 5.66. The summed E-state index contributed by atoms with van der Waals surface area (Å²) in [5.74, 6) is -0.285. The summed E-state index contributed by atoms with van der Waals surface area (Å²) < 4.78 is 29.8. The van der Waals surface area contributed by atoms with Crippen LogP contribution in [0.25, 0.3) is 0 Å². The summed E-state index contributed by atoms with van der Waals surface area (Å²) in [4.78, 5) is 11.7. The van der Waals surface area contributed by atoms with Crippen molar-refractivity contribution in [1.29, 1.82) is 0 Å². The van der Waals surface area contributed by atoms with Crippen LogP contribution in [0.5, 0.6) is 5.75 Å². The molecule has 0 heterocycles. The molecule has 0 radical (unpaired) electrons. The minimum atomic E-state index is -3.57. The Hall–Kier alpha value is -1.31. The zero-order chi connectivity index (χ0) is 13.9. The molecular formula is C10H13ClN2O4S. The van der Waals surface area contributed by atoms with Gasteiger partial charge in [0, 0.05) is 0 Å². The number of methoxy groups -OCH3 is 1. The smallest absolute Gasteiger partial charge is 0.229 e. The van der Waals surface area contributed by atoms with E-state index in [0.717, 1.165) is 6.26 Å². The van der Waals surface area contributed by atoms with Crippen LogP contribution in [0.2, 0.25) is 5.02 Å². The van der Waals surface area contributed by atoms with Crippen molar-refractivity contribution in [3.8, 4) is 5.75 Å². The minimum absolute atomic E-state index is 0.00273. The van der Waals surface area contributed by atoms with E-state index < -0.39 is 15.8 Å². The number of anilines is 1. The van der Waals surface area contributed by atoms with E-state index in [4.69, 9.17) is 22.1 Å². The number of carbonyl (C=O) groups excluding carboxylic acids is 1. The maximum absolute atomic E-state index is 11.7. The predicted octanol–water partition coefficient (Wildman–Crippen LogP) is 0.862. The molecule has 1 aromatic rings. The molecule has 6 nitrogen and oxygen atoms in total. The van der Waals surface area contributed by atoms with Crippen molar-refractivity contribution in [1.82, 2.24) is 0 Å². The van der Waals surface area contributed by atoms with E-state index in [1.807, 2.05) is 0 Å². The lowest BCUT2D eigenvalue weighted by Gasteiger charge is -2.14. The van der Waals surface area contributed by atoms with Crippen LogP contribution in [0.3, 0.4) is 0 Å². The number of ketones is 1. The zero-order valence-electron chi connectivity index (χ0n) is 9.86. The molecule has 100 valence electrons. The molecule has 0 saturated carbocycles. The van der Waals surface area contributed by atoms with Gasteiger partial charge < -0.3 is 10.5 Å². The summed E-state index contributed by atoms with van der Waals surface area (Å²) in [6.45, 7) is -0.286. The number of nitrogens with one attached hydrogen (secondary N) is 1. The molecule has 0 aliphatic carbocycles. The second kappa shape index (κ2) is 5.55. The van der Waals surface area contributed by atoms with E-state index in [9.17, 15) is 13.2 Å². The molecular weight excluding hydrogens is 280 g/mol. The number of Topliss-reactive ketones (excluding diaryl/α,β-unsaturated/α-hetero) is 1. The van der Waals surface area contributed by atoms with Crippen LogP contribution < -0.4 is 15.2 Å². The third kappa shape index (κ3) is 3.34. The third-order valence-corrected chi connectivity index (χ3v) is 2.98. The molecule has 1 aromatic carbocycles. The topological polar surface area (TPSA) is 98.5 Å². The molecule has 0 aliphatic rings. The van der Waals surface area contributed by atoms with E-state index in [-0.39, 0.29) is 28.6 Å². The summed E-state index contributed by atoms with van der Waals surface area (Å²) in [7, 11) is -2.22. The van der Waals surface area contributed by atoms with Crippen LogP contribution in [0.15, 0.2) is 12.1 Å². The minimum Gasteiger partial charge on any atom is -0.495 e. The van der Waals surface area contributed by atoms with Gasteiger partial charge in [0.25, 0.3) is 0 Å². The van der Waals surface area contributed by atoms with Crippen molar-refractivity contribution in [2.45, 2.75) is 0 Å². The van der Waals surface area contributed by atoms with Gasteiger partial charge in [0.1, 0.15) is 11.4 Å². The van der Waals surface area contributed by atoms with Gasteiger partial charge in [-0.2, -0.15) is 0 Å². The molecule has 8 heteroatoms. The molecule has 0 atom stereocenters. The predicted molar refractivity (Wildman–Crippen MR) is 69.9 cm³/mol. The summed E-state index contributed by atoms with van der Waals surface area (Å²) in [6.07, 6.45) is 0.962. The number of nitrogens with two attached hydrogens (primary N) is 1. The van der Waals surface area contributed by atoms with Crippen molar-refractivity contribution < 1.29 is 17.9 Å². The van der Waals surface area contributed by atoms with E-state index in [1.165, 1.54) is 19.2 Å². The van der Waals surface area contributed by atoms with Gasteiger partial charge >= 0.3 is 0 Å². The molecule has 0 amide bonds. The van der Waals surface area contributed by atoms with Gasteiger partial charge in [0.15, 0.2) is 5.78 Å². The maximum Gasteiger partial charge on any atom is 0.229 e. The van der Waals surface area contributed by atoms with Crippen LogP contribution >= 0.6 is 11.6 Å². The Kier molecular flexibility index (Phi) is 4.55. The number of rotatable bonds is 5. The van der Waals surface area contributed by atoms with Gasteiger partial charge in [0.2, 0.25) is 10.0 Å². The van der Waals surface area contributed by atoms with E-state index in [0.29, 0.717) is 0 Å². The zero-order valence-corrected chi connectivity index (χ0v) is 11.4. The number of carbonyl (C=O) groups is 1. The quantitative estimate of drug-likeness (QED) is 0.784. The molecule has 0 unspecified atom stereocenters. The molecule has 18 heavy (non-hydrogen) atoms. The number of ether oxygens (including phenoxy) is 1. The summed E-state index contributed by atoms with van der Waals surface area (Å²) in [6, 6.07) is 2.90. The van der Waals surface area contributed by atoms with Crippen LogP contribution in [0, 0.1) is 0 Å². The average Bonchev–Trinajstić information content (AvgIpc) is 2.27. The summed E-state index contributed by atoms with van der Waals surface area (Å²) >= 11 is 5.89. The maximum atomic E-state index is 11.7. The molecule has 1 rings (SSSR count). The van der Waals surface area contributed by atoms with Gasteiger partial charge in [-0.1, -0.05) is 11.6 Å². The fraction of sp³-hybridized carbons (Fsp3) is 0.300.